The van der Waals surface area contributed by atoms with Gasteiger partial charge in [-0.15, -0.1) is 0 Å². The largest absolute Gasteiger partial charge is 0.306 e. The van der Waals surface area contributed by atoms with Crippen molar-refractivity contribution in [2.45, 2.75) is 39.8 Å². The fourth-order valence-corrected chi connectivity index (χ4v) is 2.42. The summed E-state index contributed by atoms with van der Waals surface area (Å²) in [5.41, 5.74) is 1.01. The molecular formula is C15H24ClFN2. The van der Waals surface area contributed by atoms with Gasteiger partial charge in [0.25, 0.3) is 0 Å². The van der Waals surface area contributed by atoms with Crippen molar-refractivity contribution in [2.24, 2.45) is 0 Å². The Morgan fingerprint density at radius 3 is 2.42 bits per heavy atom. The van der Waals surface area contributed by atoms with E-state index >= 15 is 0 Å². The van der Waals surface area contributed by atoms with Gasteiger partial charge in [-0.1, -0.05) is 31.5 Å². The zero-order chi connectivity index (χ0) is 14.4. The minimum atomic E-state index is -0.367. The third kappa shape index (κ3) is 5.09. The van der Waals surface area contributed by atoms with Crippen molar-refractivity contribution in [3.63, 3.8) is 0 Å². The van der Waals surface area contributed by atoms with Gasteiger partial charge in [-0.05, 0) is 44.6 Å². The first-order chi connectivity index (χ1) is 8.97. The number of hydrogen-bond acceptors (Lipinski definition) is 2. The van der Waals surface area contributed by atoms with Crippen molar-refractivity contribution < 1.29 is 4.39 Å². The molecule has 2 nitrogen and oxygen atoms in total. The standard InChI is InChI=1S/C15H24ClFN2/c1-5-19(6-2)10-11(3)18-12(4)13-7-8-15(17)14(16)9-13/h7-9,11-12,18H,5-6,10H2,1-4H3. The lowest BCUT2D eigenvalue weighted by Gasteiger charge is -2.26. The molecule has 0 spiro atoms. The predicted octanol–water partition coefficient (Wildman–Crippen LogP) is 3.86. The Kier molecular flexibility index (Phi) is 6.76. The van der Waals surface area contributed by atoms with Crippen molar-refractivity contribution >= 4 is 11.6 Å². The van der Waals surface area contributed by atoms with Crippen molar-refractivity contribution in [3.8, 4) is 0 Å². The molecular weight excluding hydrogens is 263 g/mol. The van der Waals surface area contributed by atoms with Crippen LogP contribution in [-0.4, -0.2) is 30.6 Å². The number of hydrogen-bond donors (Lipinski definition) is 1. The van der Waals surface area contributed by atoms with Crippen molar-refractivity contribution in [1.82, 2.24) is 10.2 Å². The zero-order valence-electron chi connectivity index (χ0n) is 12.2. The Morgan fingerprint density at radius 2 is 1.89 bits per heavy atom. The average molecular weight is 287 g/mol. The van der Waals surface area contributed by atoms with Crippen LogP contribution in [0.25, 0.3) is 0 Å². The van der Waals surface area contributed by atoms with Gasteiger partial charge in [0.2, 0.25) is 0 Å². The summed E-state index contributed by atoms with van der Waals surface area (Å²) in [5.74, 6) is -0.367. The Morgan fingerprint density at radius 1 is 1.26 bits per heavy atom. The molecule has 0 bridgehead atoms. The van der Waals surface area contributed by atoms with Gasteiger partial charge in [-0.25, -0.2) is 4.39 Å². The minimum Gasteiger partial charge on any atom is -0.306 e. The monoisotopic (exact) mass is 286 g/mol. The summed E-state index contributed by atoms with van der Waals surface area (Å²) in [5, 5.41) is 3.70. The van der Waals surface area contributed by atoms with E-state index in [2.05, 4.69) is 37.9 Å². The Hall–Kier alpha value is -0.640. The number of rotatable bonds is 7. The molecule has 1 N–H and O–H groups in total. The van der Waals surface area contributed by atoms with E-state index in [1.165, 1.54) is 6.07 Å². The van der Waals surface area contributed by atoms with Crippen LogP contribution in [0.3, 0.4) is 0 Å². The number of nitrogens with zero attached hydrogens (tertiary/aromatic N) is 1. The second-order valence-corrected chi connectivity index (χ2v) is 5.36. The summed E-state index contributed by atoms with van der Waals surface area (Å²) in [7, 11) is 0. The maximum Gasteiger partial charge on any atom is 0.141 e. The Balaban J connectivity index is 2.58. The zero-order valence-corrected chi connectivity index (χ0v) is 13.0. The summed E-state index contributed by atoms with van der Waals surface area (Å²) in [6.45, 7) is 11.7. The molecule has 0 radical (unpaired) electrons. The number of halogens is 2. The van der Waals surface area contributed by atoms with E-state index in [4.69, 9.17) is 11.6 Å². The first-order valence-electron chi connectivity index (χ1n) is 6.91. The molecule has 1 aromatic carbocycles. The van der Waals surface area contributed by atoms with Crippen LogP contribution in [0.4, 0.5) is 4.39 Å². The van der Waals surface area contributed by atoms with E-state index in [1.807, 2.05) is 0 Å². The first-order valence-corrected chi connectivity index (χ1v) is 7.29. The van der Waals surface area contributed by atoms with Gasteiger partial charge in [-0.3, -0.25) is 0 Å². The van der Waals surface area contributed by atoms with Gasteiger partial charge >= 0.3 is 0 Å². The lowest BCUT2D eigenvalue weighted by atomic mass is 10.1. The number of nitrogens with one attached hydrogen (secondary N) is 1. The maximum absolute atomic E-state index is 13.1. The summed E-state index contributed by atoms with van der Waals surface area (Å²) >= 11 is 5.81. The summed E-state index contributed by atoms with van der Waals surface area (Å²) in [4.78, 5) is 2.38. The van der Waals surface area contributed by atoms with Crippen LogP contribution in [0, 0.1) is 5.82 Å². The second kappa shape index (κ2) is 7.83. The molecule has 2 atom stereocenters. The van der Waals surface area contributed by atoms with E-state index in [0.717, 1.165) is 25.2 Å². The third-order valence-electron chi connectivity index (χ3n) is 3.40. The molecule has 0 saturated heterocycles. The molecule has 2 unspecified atom stereocenters. The van der Waals surface area contributed by atoms with Gasteiger partial charge in [-0.2, -0.15) is 0 Å². The van der Waals surface area contributed by atoms with E-state index in [1.54, 1.807) is 12.1 Å². The minimum absolute atomic E-state index is 0.156. The van der Waals surface area contributed by atoms with Crippen LogP contribution in [-0.2, 0) is 0 Å². The number of benzene rings is 1. The van der Waals surface area contributed by atoms with Gasteiger partial charge in [0.05, 0.1) is 5.02 Å². The highest BCUT2D eigenvalue weighted by Crippen LogP contribution is 2.21. The van der Waals surface area contributed by atoms with Crippen LogP contribution in [0.15, 0.2) is 18.2 Å². The van der Waals surface area contributed by atoms with E-state index in [0.29, 0.717) is 6.04 Å². The lowest BCUT2D eigenvalue weighted by molar-refractivity contribution is 0.264. The van der Waals surface area contributed by atoms with Crippen LogP contribution >= 0.6 is 11.6 Å². The molecule has 1 rings (SSSR count). The van der Waals surface area contributed by atoms with Crippen molar-refractivity contribution in [1.29, 1.82) is 0 Å². The van der Waals surface area contributed by atoms with Gasteiger partial charge < -0.3 is 10.2 Å². The molecule has 1 aromatic rings. The average Bonchev–Trinajstić information content (AvgIpc) is 2.38. The molecule has 4 heteroatoms. The summed E-state index contributed by atoms with van der Waals surface area (Å²) in [6, 6.07) is 5.43. The molecule has 0 amide bonds. The SMILES string of the molecule is CCN(CC)CC(C)NC(C)c1ccc(F)c(Cl)c1. The maximum atomic E-state index is 13.1. The molecule has 0 aliphatic heterocycles. The van der Waals surface area contributed by atoms with Crippen LogP contribution < -0.4 is 5.32 Å². The second-order valence-electron chi connectivity index (χ2n) is 4.95. The normalized spacial score (nSPS) is 14.7. The third-order valence-corrected chi connectivity index (χ3v) is 3.69. The van der Waals surface area contributed by atoms with E-state index in [-0.39, 0.29) is 16.9 Å². The smallest absolute Gasteiger partial charge is 0.141 e. The van der Waals surface area contributed by atoms with Crippen molar-refractivity contribution in [2.75, 3.05) is 19.6 Å². The van der Waals surface area contributed by atoms with E-state index < -0.39 is 0 Å². The highest BCUT2D eigenvalue weighted by Gasteiger charge is 2.13. The topological polar surface area (TPSA) is 15.3 Å². The van der Waals surface area contributed by atoms with Crippen LogP contribution in [0.2, 0.25) is 5.02 Å². The quantitative estimate of drug-likeness (QED) is 0.819. The van der Waals surface area contributed by atoms with Crippen LogP contribution in [0.5, 0.6) is 0 Å². The molecule has 0 aromatic heterocycles. The lowest BCUT2D eigenvalue weighted by Crippen LogP contribution is -2.40. The molecule has 0 aliphatic carbocycles. The van der Waals surface area contributed by atoms with Gasteiger partial charge in [0.15, 0.2) is 0 Å². The molecule has 108 valence electrons. The van der Waals surface area contributed by atoms with Gasteiger partial charge in [0.1, 0.15) is 5.82 Å². The summed E-state index contributed by atoms with van der Waals surface area (Å²) in [6.07, 6.45) is 0. The molecule has 0 aliphatic rings. The predicted molar refractivity (Wildman–Crippen MR) is 80.2 cm³/mol. The van der Waals surface area contributed by atoms with Crippen molar-refractivity contribution in [3.05, 3.63) is 34.6 Å². The first kappa shape index (κ1) is 16.4. The number of likely N-dealkylation sites (N-methyl/N-ethyl adjacent to an activating group) is 1. The van der Waals surface area contributed by atoms with E-state index in [9.17, 15) is 4.39 Å². The Labute approximate surface area is 120 Å². The highest BCUT2D eigenvalue weighted by atomic mass is 35.5. The highest BCUT2D eigenvalue weighted by molar-refractivity contribution is 6.30. The van der Waals surface area contributed by atoms with Crippen LogP contribution in [0.1, 0.15) is 39.3 Å². The Bertz CT molecular complexity index is 394. The summed E-state index contributed by atoms with van der Waals surface area (Å²) < 4.78 is 13.1. The fraction of sp³-hybridized carbons (Fsp3) is 0.600. The van der Waals surface area contributed by atoms with Gasteiger partial charge in [0, 0.05) is 18.6 Å². The molecule has 0 saturated carbocycles. The molecule has 0 heterocycles. The molecule has 19 heavy (non-hydrogen) atoms. The fourth-order valence-electron chi connectivity index (χ4n) is 2.23. The molecule has 0 fully saturated rings.